The van der Waals surface area contributed by atoms with Crippen LogP contribution >= 0.6 is 0 Å². The van der Waals surface area contributed by atoms with Gasteiger partial charge >= 0.3 is 0 Å². The minimum absolute atomic E-state index is 0.134. The molecule has 50 valence electrons. The molecule has 8 heavy (non-hydrogen) atoms. The van der Waals surface area contributed by atoms with Gasteiger partial charge in [0.1, 0.15) is 0 Å². The second-order valence-electron chi connectivity index (χ2n) is 3.42. The zero-order chi connectivity index (χ0) is 6.78. The fourth-order valence-corrected chi connectivity index (χ4v) is 0.231. The van der Waals surface area contributed by atoms with Gasteiger partial charge in [-0.25, -0.2) is 0 Å². The standard InChI is InChI=1S/C7H15F/c1-6(5-8)7(2,3)4/h6H,5H2,1-4H3. The highest BCUT2D eigenvalue weighted by atomic mass is 19.1. The van der Waals surface area contributed by atoms with Crippen LogP contribution in [0.5, 0.6) is 0 Å². The molecule has 0 aromatic rings. The minimum Gasteiger partial charge on any atom is -0.251 e. The highest BCUT2D eigenvalue weighted by Crippen LogP contribution is 2.24. The Balaban J connectivity index is 3.62. The average molecular weight is 118 g/mol. The van der Waals surface area contributed by atoms with E-state index in [0.717, 1.165) is 0 Å². The molecule has 0 fully saturated rings. The van der Waals surface area contributed by atoms with Crippen molar-refractivity contribution in [2.24, 2.45) is 11.3 Å². The summed E-state index contributed by atoms with van der Waals surface area (Å²) in [5.74, 6) is 0.183. The van der Waals surface area contributed by atoms with Crippen LogP contribution < -0.4 is 0 Å². The Bertz CT molecular complexity index is 61.3. The zero-order valence-corrected chi connectivity index (χ0v) is 6.16. The van der Waals surface area contributed by atoms with E-state index in [1.807, 2.05) is 6.92 Å². The first-order chi connectivity index (χ1) is 3.48. The van der Waals surface area contributed by atoms with Crippen molar-refractivity contribution >= 4 is 0 Å². The Labute approximate surface area is 51.1 Å². The van der Waals surface area contributed by atoms with Gasteiger partial charge in [0.05, 0.1) is 6.67 Å². The van der Waals surface area contributed by atoms with Crippen LogP contribution in [0.1, 0.15) is 27.7 Å². The van der Waals surface area contributed by atoms with Crippen LogP contribution in [0.4, 0.5) is 4.39 Å². The average Bonchev–Trinajstić information content (AvgIpc) is 1.62. The smallest absolute Gasteiger partial charge is 0.0924 e. The van der Waals surface area contributed by atoms with Crippen LogP contribution in [0, 0.1) is 11.3 Å². The molecular formula is C7H15F. The summed E-state index contributed by atoms with van der Waals surface area (Å²) >= 11 is 0. The quantitative estimate of drug-likeness (QED) is 0.496. The number of hydrogen-bond donors (Lipinski definition) is 0. The molecule has 0 aromatic heterocycles. The van der Waals surface area contributed by atoms with Crippen molar-refractivity contribution in [3.8, 4) is 0 Å². The fraction of sp³-hybridized carbons (Fsp3) is 1.00. The number of alkyl halides is 1. The highest BCUT2D eigenvalue weighted by Gasteiger charge is 2.18. The third-order valence-corrected chi connectivity index (χ3v) is 1.71. The normalized spacial score (nSPS) is 16.1. The molecule has 0 bridgehead atoms. The van der Waals surface area contributed by atoms with E-state index in [2.05, 4.69) is 20.8 Å². The molecule has 0 aromatic carbocycles. The van der Waals surface area contributed by atoms with Crippen molar-refractivity contribution in [1.29, 1.82) is 0 Å². The Kier molecular flexibility index (Phi) is 2.45. The van der Waals surface area contributed by atoms with Crippen molar-refractivity contribution in [2.45, 2.75) is 27.7 Å². The Morgan fingerprint density at radius 2 is 1.75 bits per heavy atom. The molecule has 0 heterocycles. The lowest BCUT2D eigenvalue weighted by Crippen LogP contribution is -2.18. The molecule has 1 unspecified atom stereocenters. The molecule has 0 rings (SSSR count). The summed E-state index contributed by atoms with van der Waals surface area (Å²) < 4.78 is 11.9. The van der Waals surface area contributed by atoms with Crippen LogP contribution in [-0.2, 0) is 0 Å². The molecule has 1 heteroatoms. The van der Waals surface area contributed by atoms with Crippen molar-refractivity contribution in [3.63, 3.8) is 0 Å². The fourth-order valence-electron chi connectivity index (χ4n) is 0.231. The first-order valence-corrected chi connectivity index (χ1v) is 3.04. The van der Waals surface area contributed by atoms with Gasteiger partial charge in [-0.2, -0.15) is 0 Å². The molecule has 0 amide bonds. The van der Waals surface area contributed by atoms with Gasteiger partial charge in [0.2, 0.25) is 0 Å². The van der Waals surface area contributed by atoms with Crippen LogP contribution in [0.2, 0.25) is 0 Å². The Morgan fingerprint density at radius 1 is 1.38 bits per heavy atom. The summed E-state index contributed by atoms with van der Waals surface area (Å²) in [7, 11) is 0. The number of hydrogen-bond acceptors (Lipinski definition) is 0. The van der Waals surface area contributed by atoms with E-state index in [0.29, 0.717) is 0 Å². The topological polar surface area (TPSA) is 0 Å². The van der Waals surface area contributed by atoms with E-state index in [1.54, 1.807) is 0 Å². The van der Waals surface area contributed by atoms with Crippen molar-refractivity contribution < 1.29 is 4.39 Å². The summed E-state index contributed by atoms with van der Waals surface area (Å²) in [5, 5.41) is 0. The molecule has 0 spiro atoms. The third kappa shape index (κ3) is 2.29. The summed E-state index contributed by atoms with van der Waals surface area (Å²) in [6.45, 7) is 7.88. The van der Waals surface area contributed by atoms with E-state index in [-0.39, 0.29) is 18.0 Å². The molecule has 0 N–H and O–H groups in total. The van der Waals surface area contributed by atoms with E-state index in [9.17, 15) is 4.39 Å². The van der Waals surface area contributed by atoms with E-state index in [4.69, 9.17) is 0 Å². The number of rotatable bonds is 1. The molecule has 0 radical (unpaired) electrons. The van der Waals surface area contributed by atoms with Gasteiger partial charge in [-0.3, -0.25) is 4.39 Å². The molecule has 0 saturated heterocycles. The molecular weight excluding hydrogens is 103 g/mol. The lowest BCUT2D eigenvalue weighted by molar-refractivity contribution is 0.210. The third-order valence-electron chi connectivity index (χ3n) is 1.71. The van der Waals surface area contributed by atoms with E-state index >= 15 is 0 Å². The van der Waals surface area contributed by atoms with Gasteiger partial charge in [-0.05, 0) is 11.3 Å². The first kappa shape index (κ1) is 7.93. The Morgan fingerprint density at radius 3 is 1.75 bits per heavy atom. The predicted octanol–water partition coefficient (Wildman–Crippen LogP) is 2.64. The second-order valence-corrected chi connectivity index (χ2v) is 3.42. The SMILES string of the molecule is CC(CF)C(C)(C)C. The molecule has 0 aliphatic rings. The summed E-state index contributed by atoms with van der Waals surface area (Å²) in [6, 6.07) is 0. The maximum Gasteiger partial charge on any atom is 0.0924 e. The van der Waals surface area contributed by atoms with Gasteiger partial charge in [0, 0.05) is 0 Å². The monoisotopic (exact) mass is 118 g/mol. The molecule has 1 atom stereocenters. The van der Waals surface area contributed by atoms with Gasteiger partial charge in [0.25, 0.3) is 0 Å². The van der Waals surface area contributed by atoms with Crippen LogP contribution in [-0.4, -0.2) is 6.67 Å². The summed E-state index contributed by atoms with van der Waals surface area (Å²) in [4.78, 5) is 0. The van der Waals surface area contributed by atoms with Gasteiger partial charge in [-0.1, -0.05) is 27.7 Å². The molecule has 0 aliphatic carbocycles. The van der Waals surface area contributed by atoms with Crippen LogP contribution in [0.3, 0.4) is 0 Å². The molecule has 0 aliphatic heterocycles. The van der Waals surface area contributed by atoms with Crippen molar-refractivity contribution in [1.82, 2.24) is 0 Å². The summed E-state index contributed by atoms with van der Waals surface area (Å²) in [6.07, 6.45) is 0. The number of halogens is 1. The van der Waals surface area contributed by atoms with Gasteiger partial charge in [-0.15, -0.1) is 0 Å². The largest absolute Gasteiger partial charge is 0.251 e. The summed E-state index contributed by atoms with van der Waals surface area (Å²) in [5.41, 5.74) is 0.134. The first-order valence-electron chi connectivity index (χ1n) is 3.04. The van der Waals surface area contributed by atoms with Crippen LogP contribution in [0.25, 0.3) is 0 Å². The minimum atomic E-state index is -0.205. The lowest BCUT2D eigenvalue weighted by Gasteiger charge is -2.23. The molecule has 0 saturated carbocycles. The maximum absolute atomic E-state index is 11.9. The van der Waals surface area contributed by atoms with E-state index in [1.165, 1.54) is 0 Å². The van der Waals surface area contributed by atoms with Crippen molar-refractivity contribution in [2.75, 3.05) is 6.67 Å². The lowest BCUT2D eigenvalue weighted by atomic mass is 9.83. The maximum atomic E-state index is 11.9. The highest BCUT2D eigenvalue weighted by molar-refractivity contribution is 4.68. The van der Waals surface area contributed by atoms with Gasteiger partial charge in [0.15, 0.2) is 0 Å². The van der Waals surface area contributed by atoms with Crippen molar-refractivity contribution in [3.05, 3.63) is 0 Å². The van der Waals surface area contributed by atoms with E-state index < -0.39 is 0 Å². The predicted molar refractivity (Wildman–Crippen MR) is 34.6 cm³/mol. The van der Waals surface area contributed by atoms with Crippen LogP contribution in [0.15, 0.2) is 0 Å². The second kappa shape index (κ2) is 2.47. The Hall–Kier alpha value is -0.0700. The zero-order valence-electron chi connectivity index (χ0n) is 6.16. The van der Waals surface area contributed by atoms with Gasteiger partial charge < -0.3 is 0 Å². The molecule has 0 nitrogen and oxygen atoms in total.